The third-order valence-corrected chi connectivity index (χ3v) is 2.51. The summed E-state index contributed by atoms with van der Waals surface area (Å²) in [6.45, 7) is 0.664. The molecule has 0 aliphatic heterocycles. The van der Waals surface area contributed by atoms with Crippen molar-refractivity contribution in [3.63, 3.8) is 0 Å². The molecule has 1 aromatic rings. The summed E-state index contributed by atoms with van der Waals surface area (Å²) < 4.78 is 18.2. The van der Waals surface area contributed by atoms with Crippen LogP contribution in [0.25, 0.3) is 0 Å². The standard InChI is InChI=1S/C11H15ClFNO/c1-15-11-7-10(13)9(12)6-8(11)4-2-3-5-14/h6-7H,2-5,14H2,1H3. The molecule has 0 bridgehead atoms. The number of hydrogen-bond donors (Lipinski definition) is 1. The van der Waals surface area contributed by atoms with Gasteiger partial charge in [-0.15, -0.1) is 0 Å². The number of ether oxygens (including phenoxy) is 1. The van der Waals surface area contributed by atoms with Gasteiger partial charge in [-0.2, -0.15) is 0 Å². The van der Waals surface area contributed by atoms with Gasteiger partial charge in [0.2, 0.25) is 0 Å². The van der Waals surface area contributed by atoms with Gasteiger partial charge in [-0.1, -0.05) is 11.6 Å². The fourth-order valence-electron chi connectivity index (χ4n) is 1.41. The van der Waals surface area contributed by atoms with E-state index in [0.29, 0.717) is 12.3 Å². The van der Waals surface area contributed by atoms with Crippen molar-refractivity contribution in [3.8, 4) is 5.75 Å². The molecule has 0 aliphatic carbocycles. The minimum absolute atomic E-state index is 0.138. The number of nitrogens with two attached hydrogens (primary N) is 1. The molecule has 0 saturated carbocycles. The van der Waals surface area contributed by atoms with Crippen LogP contribution in [0.4, 0.5) is 4.39 Å². The van der Waals surface area contributed by atoms with Crippen LogP contribution < -0.4 is 10.5 Å². The summed E-state index contributed by atoms with van der Waals surface area (Å²) in [5.74, 6) is 0.102. The maximum absolute atomic E-state index is 13.1. The second kappa shape index (κ2) is 5.93. The average molecular weight is 232 g/mol. The van der Waals surface area contributed by atoms with Crippen molar-refractivity contribution in [1.82, 2.24) is 0 Å². The van der Waals surface area contributed by atoms with Crippen molar-refractivity contribution < 1.29 is 9.13 Å². The van der Waals surface area contributed by atoms with Crippen LogP contribution in [0.5, 0.6) is 5.75 Å². The first-order valence-electron chi connectivity index (χ1n) is 4.91. The highest BCUT2D eigenvalue weighted by atomic mass is 35.5. The minimum Gasteiger partial charge on any atom is -0.496 e. The summed E-state index contributed by atoms with van der Waals surface area (Å²) in [6.07, 6.45) is 2.70. The SMILES string of the molecule is COc1cc(F)c(Cl)cc1CCCCN. The largest absolute Gasteiger partial charge is 0.496 e. The summed E-state index contributed by atoms with van der Waals surface area (Å²) in [7, 11) is 1.52. The Bertz CT molecular complexity index is 331. The predicted octanol–water partition coefficient (Wildman–Crippen LogP) is 2.77. The van der Waals surface area contributed by atoms with Gasteiger partial charge in [0.1, 0.15) is 11.6 Å². The van der Waals surface area contributed by atoms with Gasteiger partial charge in [-0.25, -0.2) is 4.39 Å². The highest BCUT2D eigenvalue weighted by molar-refractivity contribution is 6.30. The number of rotatable bonds is 5. The fraction of sp³-hybridized carbons (Fsp3) is 0.455. The van der Waals surface area contributed by atoms with Crippen LogP contribution in [0.15, 0.2) is 12.1 Å². The quantitative estimate of drug-likeness (QED) is 0.791. The maximum atomic E-state index is 13.1. The van der Waals surface area contributed by atoms with Crippen molar-refractivity contribution in [2.24, 2.45) is 5.73 Å². The van der Waals surface area contributed by atoms with Crippen molar-refractivity contribution in [1.29, 1.82) is 0 Å². The molecule has 0 heterocycles. The van der Waals surface area contributed by atoms with Crippen LogP contribution in [0, 0.1) is 5.82 Å². The van der Waals surface area contributed by atoms with Gasteiger partial charge in [0.15, 0.2) is 0 Å². The first kappa shape index (κ1) is 12.3. The van der Waals surface area contributed by atoms with E-state index >= 15 is 0 Å². The Balaban J connectivity index is 2.80. The van der Waals surface area contributed by atoms with Gasteiger partial charge in [0.05, 0.1) is 12.1 Å². The van der Waals surface area contributed by atoms with Crippen LogP contribution in [-0.4, -0.2) is 13.7 Å². The summed E-state index contributed by atoms with van der Waals surface area (Å²) >= 11 is 5.70. The van der Waals surface area contributed by atoms with Gasteiger partial charge in [0, 0.05) is 6.07 Å². The Kier molecular flexibility index (Phi) is 4.85. The molecule has 0 unspecified atom stereocenters. The molecule has 15 heavy (non-hydrogen) atoms. The molecule has 1 aromatic carbocycles. The summed E-state index contributed by atoms with van der Waals surface area (Å²) in [4.78, 5) is 0. The van der Waals surface area contributed by atoms with E-state index in [1.165, 1.54) is 13.2 Å². The molecule has 4 heteroatoms. The fourth-order valence-corrected chi connectivity index (χ4v) is 1.60. The lowest BCUT2D eigenvalue weighted by molar-refractivity contribution is 0.405. The van der Waals surface area contributed by atoms with Crippen molar-refractivity contribution >= 4 is 11.6 Å². The normalized spacial score (nSPS) is 10.4. The highest BCUT2D eigenvalue weighted by Gasteiger charge is 2.08. The molecule has 2 N–H and O–H groups in total. The zero-order chi connectivity index (χ0) is 11.3. The lowest BCUT2D eigenvalue weighted by Crippen LogP contribution is -2.00. The minimum atomic E-state index is -0.448. The zero-order valence-corrected chi connectivity index (χ0v) is 9.48. The molecule has 0 fully saturated rings. The van der Waals surface area contributed by atoms with E-state index in [4.69, 9.17) is 22.1 Å². The molecule has 0 atom stereocenters. The monoisotopic (exact) mass is 231 g/mol. The topological polar surface area (TPSA) is 35.2 Å². The first-order valence-corrected chi connectivity index (χ1v) is 5.28. The molecule has 0 aromatic heterocycles. The maximum Gasteiger partial charge on any atom is 0.145 e. The van der Waals surface area contributed by atoms with Crippen molar-refractivity contribution in [2.75, 3.05) is 13.7 Å². The van der Waals surface area contributed by atoms with E-state index in [9.17, 15) is 4.39 Å². The van der Waals surface area contributed by atoms with E-state index in [0.717, 1.165) is 24.8 Å². The van der Waals surface area contributed by atoms with Crippen LogP contribution in [0.3, 0.4) is 0 Å². The van der Waals surface area contributed by atoms with E-state index in [-0.39, 0.29) is 5.02 Å². The Morgan fingerprint density at radius 3 is 2.73 bits per heavy atom. The van der Waals surface area contributed by atoms with E-state index in [1.807, 2.05) is 0 Å². The van der Waals surface area contributed by atoms with E-state index < -0.39 is 5.82 Å². The van der Waals surface area contributed by atoms with E-state index in [1.54, 1.807) is 6.07 Å². The number of methoxy groups -OCH3 is 1. The second-order valence-electron chi connectivity index (χ2n) is 3.32. The lowest BCUT2D eigenvalue weighted by Gasteiger charge is -2.09. The average Bonchev–Trinajstić information content (AvgIpc) is 2.23. The smallest absolute Gasteiger partial charge is 0.145 e. The zero-order valence-electron chi connectivity index (χ0n) is 8.72. The molecule has 84 valence electrons. The summed E-state index contributed by atoms with van der Waals surface area (Å²) in [5, 5.41) is 0.138. The second-order valence-corrected chi connectivity index (χ2v) is 3.73. The molecular weight excluding hydrogens is 217 g/mol. The molecule has 0 saturated heterocycles. The molecule has 0 aliphatic rings. The molecule has 1 rings (SSSR count). The third-order valence-electron chi connectivity index (χ3n) is 2.22. The highest BCUT2D eigenvalue weighted by Crippen LogP contribution is 2.27. The molecular formula is C11H15ClFNO. The number of halogens is 2. The van der Waals surface area contributed by atoms with Crippen LogP contribution in [-0.2, 0) is 6.42 Å². The molecule has 0 spiro atoms. The predicted molar refractivity (Wildman–Crippen MR) is 60.0 cm³/mol. The van der Waals surface area contributed by atoms with Crippen molar-refractivity contribution in [3.05, 3.63) is 28.5 Å². The number of hydrogen-bond acceptors (Lipinski definition) is 2. The van der Waals surface area contributed by atoms with Gasteiger partial charge < -0.3 is 10.5 Å². The Labute approximate surface area is 94.2 Å². The first-order chi connectivity index (χ1) is 7.19. The number of benzene rings is 1. The molecule has 2 nitrogen and oxygen atoms in total. The number of aryl methyl sites for hydroxylation is 1. The third kappa shape index (κ3) is 3.36. The van der Waals surface area contributed by atoms with Gasteiger partial charge in [-0.3, -0.25) is 0 Å². The summed E-state index contributed by atoms with van der Waals surface area (Å²) in [6, 6.07) is 2.94. The Morgan fingerprint density at radius 2 is 2.13 bits per heavy atom. The van der Waals surface area contributed by atoms with Gasteiger partial charge >= 0.3 is 0 Å². The number of unbranched alkanes of at least 4 members (excludes halogenated alkanes) is 1. The Morgan fingerprint density at radius 1 is 1.40 bits per heavy atom. The van der Waals surface area contributed by atoms with Crippen molar-refractivity contribution in [2.45, 2.75) is 19.3 Å². The van der Waals surface area contributed by atoms with E-state index in [2.05, 4.69) is 0 Å². The van der Waals surface area contributed by atoms with Crippen LogP contribution >= 0.6 is 11.6 Å². The molecule has 0 radical (unpaired) electrons. The van der Waals surface area contributed by atoms with Crippen LogP contribution in [0.1, 0.15) is 18.4 Å². The van der Waals surface area contributed by atoms with Gasteiger partial charge in [0.25, 0.3) is 0 Å². The van der Waals surface area contributed by atoms with Crippen LogP contribution in [0.2, 0.25) is 5.02 Å². The lowest BCUT2D eigenvalue weighted by atomic mass is 10.1. The van der Waals surface area contributed by atoms with Gasteiger partial charge in [-0.05, 0) is 37.4 Å². The summed E-state index contributed by atoms with van der Waals surface area (Å²) in [5.41, 5.74) is 6.33. The molecule has 0 amide bonds. The Hall–Kier alpha value is -0.800.